The third-order valence-corrected chi connectivity index (χ3v) is 3.50. The summed E-state index contributed by atoms with van der Waals surface area (Å²) in [5.41, 5.74) is 0. The van der Waals surface area contributed by atoms with E-state index >= 15 is 0 Å². The average Bonchev–Trinajstić information content (AvgIpc) is 2.73. The largest absolute Gasteiger partial charge is 0.480 e. The zero-order valence-corrected chi connectivity index (χ0v) is 10.5. The molecule has 0 aromatic rings. The van der Waals surface area contributed by atoms with Crippen LogP contribution in [0.1, 0.15) is 13.3 Å². The molecule has 0 aromatic carbocycles. The van der Waals surface area contributed by atoms with Gasteiger partial charge in [0.25, 0.3) is 0 Å². The van der Waals surface area contributed by atoms with Crippen LogP contribution < -0.4 is 5.32 Å². The molecule has 0 bridgehead atoms. The first-order valence-electron chi connectivity index (χ1n) is 5.71. The SMILES string of the molecule is CC[C@H](C(=O)O)N1C(=O)N[C@H]2[C@@H]1N(C)C(=O)N2C. The Bertz CT molecular complexity index is 413. The molecule has 8 nitrogen and oxygen atoms in total. The minimum atomic E-state index is -1.07. The first kappa shape index (κ1) is 12.5. The second-order valence-electron chi connectivity index (χ2n) is 4.48. The number of rotatable bonds is 3. The molecule has 100 valence electrons. The Balaban J connectivity index is 2.34. The van der Waals surface area contributed by atoms with Gasteiger partial charge in [0.2, 0.25) is 0 Å². The predicted molar refractivity (Wildman–Crippen MR) is 60.6 cm³/mol. The number of aliphatic carboxylic acids is 1. The number of urea groups is 2. The summed E-state index contributed by atoms with van der Waals surface area (Å²) in [7, 11) is 3.14. The van der Waals surface area contributed by atoms with Gasteiger partial charge < -0.3 is 20.2 Å². The van der Waals surface area contributed by atoms with Gasteiger partial charge in [0.1, 0.15) is 18.4 Å². The molecule has 2 aliphatic heterocycles. The van der Waals surface area contributed by atoms with E-state index in [4.69, 9.17) is 5.11 Å². The normalized spacial score (nSPS) is 28.5. The van der Waals surface area contributed by atoms with Crippen LogP contribution in [0.3, 0.4) is 0 Å². The van der Waals surface area contributed by atoms with Gasteiger partial charge in [-0.25, -0.2) is 14.4 Å². The molecule has 8 heteroatoms. The Kier molecular flexibility index (Phi) is 2.80. The molecule has 0 aromatic heterocycles. The van der Waals surface area contributed by atoms with E-state index in [0.29, 0.717) is 0 Å². The molecule has 2 aliphatic rings. The summed E-state index contributed by atoms with van der Waals surface area (Å²) in [6.45, 7) is 1.69. The van der Waals surface area contributed by atoms with Crippen molar-refractivity contribution < 1.29 is 19.5 Å². The van der Waals surface area contributed by atoms with E-state index in [-0.39, 0.29) is 12.5 Å². The molecule has 2 fully saturated rings. The monoisotopic (exact) mass is 256 g/mol. The number of carbonyl (C=O) groups excluding carboxylic acids is 2. The van der Waals surface area contributed by atoms with Crippen LogP contribution >= 0.6 is 0 Å². The molecule has 0 aliphatic carbocycles. The number of amides is 4. The number of nitrogens with zero attached hydrogens (tertiary/aromatic N) is 3. The lowest BCUT2D eigenvalue weighted by molar-refractivity contribution is -0.143. The maximum absolute atomic E-state index is 11.9. The Hall–Kier alpha value is -1.99. The Morgan fingerprint density at radius 1 is 1.39 bits per heavy atom. The predicted octanol–water partition coefficient (Wildman–Crippen LogP) is -0.476. The van der Waals surface area contributed by atoms with E-state index in [1.54, 1.807) is 21.0 Å². The van der Waals surface area contributed by atoms with Crippen molar-refractivity contribution in [3.05, 3.63) is 0 Å². The van der Waals surface area contributed by atoms with Crippen molar-refractivity contribution in [3.63, 3.8) is 0 Å². The molecule has 2 N–H and O–H groups in total. The van der Waals surface area contributed by atoms with Crippen LogP contribution in [-0.2, 0) is 4.79 Å². The van der Waals surface area contributed by atoms with Gasteiger partial charge in [-0.15, -0.1) is 0 Å². The number of hydrogen-bond acceptors (Lipinski definition) is 3. The van der Waals surface area contributed by atoms with Crippen molar-refractivity contribution >= 4 is 18.0 Å². The molecule has 0 saturated carbocycles. The van der Waals surface area contributed by atoms with Gasteiger partial charge in [-0.2, -0.15) is 0 Å². The number of fused-ring (bicyclic) bond motifs is 1. The van der Waals surface area contributed by atoms with Crippen molar-refractivity contribution in [1.82, 2.24) is 20.0 Å². The Morgan fingerprint density at radius 3 is 2.50 bits per heavy atom. The number of nitrogens with one attached hydrogen (secondary N) is 1. The van der Waals surface area contributed by atoms with Gasteiger partial charge in [0.15, 0.2) is 0 Å². The average molecular weight is 256 g/mol. The standard InChI is InChI=1S/C10H16N4O4/c1-4-5(8(15)16)14-7-6(11-9(14)17)12(2)10(18)13(7)3/h5-7H,4H2,1-3H3,(H,11,17)(H,15,16)/t5-,6-,7-/m1/s1. The molecule has 0 spiro atoms. The first-order valence-corrected chi connectivity index (χ1v) is 5.71. The smallest absolute Gasteiger partial charge is 0.326 e. The zero-order chi connectivity index (χ0) is 13.6. The number of carboxylic acid groups (broad SMARTS) is 1. The topological polar surface area (TPSA) is 93.2 Å². The molecule has 0 radical (unpaired) electrons. The maximum atomic E-state index is 11.9. The van der Waals surface area contributed by atoms with E-state index in [9.17, 15) is 14.4 Å². The third kappa shape index (κ3) is 1.48. The van der Waals surface area contributed by atoms with Crippen LogP contribution in [0.15, 0.2) is 0 Å². The number of hydrogen-bond donors (Lipinski definition) is 2. The van der Waals surface area contributed by atoms with E-state index in [1.807, 2.05) is 0 Å². The van der Waals surface area contributed by atoms with Crippen molar-refractivity contribution in [3.8, 4) is 0 Å². The first-order chi connectivity index (χ1) is 8.40. The van der Waals surface area contributed by atoms with Crippen molar-refractivity contribution in [2.75, 3.05) is 14.1 Å². The molecule has 2 saturated heterocycles. The van der Waals surface area contributed by atoms with Crippen LogP contribution in [0, 0.1) is 0 Å². The number of carbonyl (C=O) groups is 3. The molecule has 2 heterocycles. The van der Waals surface area contributed by atoms with Gasteiger partial charge in [0.05, 0.1) is 0 Å². The van der Waals surface area contributed by atoms with Crippen molar-refractivity contribution in [2.24, 2.45) is 0 Å². The zero-order valence-electron chi connectivity index (χ0n) is 10.5. The summed E-state index contributed by atoms with van der Waals surface area (Å²) >= 11 is 0. The van der Waals surface area contributed by atoms with E-state index in [2.05, 4.69) is 5.32 Å². The van der Waals surface area contributed by atoms with Crippen LogP contribution in [0.2, 0.25) is 0 Å². The highest BCUT2D eigenvalue weighted by Gasteiger charge is 2.55. The quantitative estimate of drug-likeness (QED) is 0.713. The fourth-order valence-corrected chi connectivity index (χ4v) is 2.54. The summed E-state index contributed by atoms with van der Waals surface area (Å²) in [5.74, 6) is -1.07. The lowest BCUT2D eigenvalue weighted by atomic mass is 10.2. The fraction of sp³-hybridized carbons (Fsp3) is 0.700. The summed E-state index contributed by atoms with van der Waals surface area (Å²) in [5, 5.41) is 11.8. The second-order valence-corrected chi connectivity index (χ2v) is 4.48. The molecule has 18 heavy (non-hydrogen) atoms. The summed E-state index contributed by atoms with van der Waals surface area (Å²) in [6, 6.07) is -1.62. The summed E-state index contributed by atoms with van der Waals surface area (Å²) in [6.07, 6.45) is -0.781. The van der Waals surface area contributed by atoms with Gasteiger partial charge in [-0.05, 0) is 6.42 Å². The van der Waals surface area contributed by atoms with Gasteiger partial charge in [0, 0.05) is 14.1 Å². The van der Waals surface area contributed by atoms with Gasteiger partial charge in [-0.3, -0.25) is 4.90 Å². The highest BCUT2D eigenvalue weighted by atomic mass is 16.4. The van der Waals surface area contributed by atoms with E-state index < -0.39 is 30.4 Å². The van der Waals surface area contributed by atoms with Crippen LogP contribution in [0.5, 0.6) is 0 Å². The summed E-state index contributed by atoms with van der Waals surface area (Å²) < 4.78 is 0. The lowest BCUT2D eigenvalue weighted by Crippen LogP contribution is -2.52. The highest BCUT2D eigenvalue weighted by Crippen LogP contribution is 2.29. The minimum Gasteiger partial charge on any atom is -0.480 e. The van der Waals surface area contributed by atoms with E-state index in [1.165, 1.54) is 14.7 Å². The molecular weight excluding hydrogens is 240 g/mol. The van der Waals surface area contributed by atoms with Gasteiger partial charge >= 0.3 is 18.0 Å². The molecule has 3 atom stereocenters. The number of likely N-dealkylation sites (N-methyl/N-ethyl adjacent to an activating group) is 2. The Labute approximate surface area is 104 Å². The van der Waals surface area contributed by atoms with Crippen LogP contribution in [0.25, 0.3) is 0 Å². The number of carboxylic acids is 1. The summed E-state index contributed by atoms with van der Waals surface area (Å²) in [4.78, 5) is 38.9. The highest BCUT2D eigenvalue weighted by molar-refractivity contribution is 5.88. The van der Waals surface area contributed by atoms with Gasteiger partial charge in [-0.1, -0.05) is 6.92 Å². The minimum absolute atomic E-state index is 0.241. The van der Waals surface area contributed by atoms with Crippen molar-refractivity contribution in [1.29, 1.82) is 0 Å². The molecular formula is C10H16N4O4. The molecule has 0 unspecified atom stereocenters. The molecule has 4 amide bonds. The Morgan fingerprint density at radius 2 is 2.00 bits per heavy atom. The fourth-order valence-electron chi connectivity index (χ4n) is 2.54. The van der Waals surface area contributed by atoms with Crippen molar-refractivity contribution in [2.45, 2.75) is 31.7 Å². The van der Waals surface area contributed by atoms with Crippen LogP contribution in [0.4, 0.5) is 9.59 Å². The third-order valence-electron chi connectivity index (χ3n) is 3.50. The maximum Gasteiger partial charge on any atom is 0.326 e. The van der Waals surface area contributed by atoms with Crippen LogP contribution in [-0.4, -0.2) is 70.3 Å². The van der Waals surface area contributed by atoms with E-state index in [0.717, 1.165) is 0 Å². The lowest BCUT2D eigenvalue weighted by Gasteiger charge is -2.30. The molecule has 2 rings (SSSR count). The second kappa shape index (κ2) is 4.04.